The normalized spacial score (nSPS) is 28.9. The molecule has 1 aliphatic carbocycles. The Morgan fingerprint density at radius 2 is 2.05 bits per heavy atom. The highest BCUT2D eigenvalue weighted by molar-refractivity contribution is 5.48. The average Bonchev–Trinajstić information content (AvgIpc) is 2.34. The first-order valence-corrected chi connectivity index (χ1v) is 7.38. The lowest BCUT2D eigenvalue weighted by atomic mass is 9.63. The highest BCUT2D eigenvalue weighted by atomic mass is 16.5. The lowest BCUT2D eigenvalue weighted by Gasteiger charge is -2.45. The Morgan fingerprint density at radius 1 is 1.30 bits per heavy atom. The number of methoxy groups -OCH3 is 1. The molecular weight excluding hydrogens is 250 g/mol. The summed E-state index contributed by atoms with van der Waals surface area (Å²) in [5, 5.41) is 13.6. The highest BCUT2D eigenvalue weighted by Gasteiger charge is 2.40. The van der Waals surface area contributed by atoms with Gasteiger partial charge in [-0.25, -0.2) is 0 Å². The van der Waals surface area contributed by atoms with Crippen molar-refractivity contribution in [3.63, 3.8) is 0 Å². The summed E-state index contributed by atoms with van der Waals surface area (Å²) in [5.74, 6) is 0.865. The van der Waals surface area contributed by atoms with Crippen molar-refractivity contribution in [1.29, 1.82) is 0 Å². The summed E-state index contributed by atoms with van der Waals surface area (Å²) in [4.78, 5) is 0. The smallest absolute Gasteiger partial charge is 0.120 e. The van der Waals surface area contributed by atoms with E-state index in [1.54, 1.807) is 7.11 Å². The van der Waals surface area contributed by atoms with Crippen LogP contribution in [0.15, 0.2) is 24.3 Å². The van der Waals surface area contributed by atoms with Crippen molar-refractivity contribution in [2.75, 3.05) is 19.0 Å². The van der Waals surface area contributed by atoms with Crippen molar-refractivity contribution in [2.24, 2.45) is 10.8 Å². The van der Waals surface area contributed by atoms with Gasteiger partial charge in [-0.3, -0.25) is 0 Å². The second-order valence-corrected chi connectivity index (χ2v) is 7.30. The lowest BCUT2D eigenvalue weighted by Crippen LogP contribution is -2.42. The van der Waals surface area contributed by atoms with Gasteiger partial charge in [-0.2, -0.15) is 0 Å². The molecule has 1 fully saturated rings. The Kier molecular flexibility index (Phi) is 4.28. The van der Waals surface area contributed by atoms with Crippen LogP contribution in [-0.2, 0) is 0 Å². The van der Waals surface area contributed by atoms with Crippen molar-refractivity contribution in [3.8, 4) is 5.75 Å². The Balaban J connectivity index is 2.01. The van der Waals surface area contributed by atoms with Crippen LogP contribution >= 0.6 is 0 Å². The molecule has 1 aromatic carbocycles. The Hall–Kier alpha value is -1.22. The average molecular weight is 277 g/mol. The van der Waals surface area contributed by atoms with Gasteiger partial charge in [0.2, 0.25) is 0 Å². The molecule has 0 heterocycles. The molecule has 1 aromatic rings. The summed E-state index contributed by atoms with van der Waals surface area (Å²) in [6.45, 7) is 7.64. The fourth-order valence-corrected chi connectivity index (χ4v) is 3.76. The fraction of sp³-hybridized carbons (Fsp3) is 0.647. The number of aliphatic hydroxyl groups is 1. The van der Waals surface area contributed by atoms with E-state index in [1.807, 2.05) is 18.2 Å². The van der Waals surface area contributed by atoms with Gasteiger partial charge in [0.05, 0.1) is 13.2 Å². The second-order valence-electron chi connectivity index (χ2n) is 7.30. The Bertz CT molecular complexity index is 458. The van der Waals surface area contributed by atoms with E-state index < -0.39 is 0 Å². The van der Waals surface area contributed by atoms with Crippen molar-refractivity contribution in [2.45, 2.75) is 46.1 Å². The molecule has 0 aromatic heterocycles. The quantitative estimate of drug-likeness (QED) is 0.882. The summed E-state index contributed by atoms with van der Waals surface area (Å²) >= 11 is 0. The molecule has 0 amide bonds. The van der Waals surface area contributed by atoms with E-state index in [-0.39, 0.29) is 16.9 Å². The maximum Gasteiger partial charge on any atom is 0.120 e. The zero-order valence-corrected chi connectivity index (χ0v) is 13.1. The number of rotatable bonds is 4. The topological polar surface area (TPSA) is 41.5 Å². The van der Waals surface area contributed by atoms with Crippen LogP contribution in [-0.4, -0.2) is 24.9 Å². The first-order chi connectivity index (χ1) is 9.32. The largest absolute Gasteiger partial charge is 0.497 e. The van der Waals surface area contributed by atoms with Crippen molar-refractivity contribution >= 4 is 5.69 Å². The minimum absolute atomic E-state index is 0.129. The Labute approximate surface area is 122 Å². The van der Waals surface area contributed by atoms with Crippen molar-refractivity contribution < 1.29 is 9.84 Å². The molecule has 2 atom stereocenters. The van der Waals surface area contributed by atoms with E-state index in [0.29, 0.717) is 0 Å². The lowest BCUT2D eigenvalue weighted by molar-refractivity contribution is -0.00317. The summed E-state index contributed by atoms with van der Waals surface area (Å²) in [5.41, 5.74) is 1.41. The zero-order chi connectivity index (χ0) is 14.8. The van der Waals surface area contributed by atoms with Gasteiger partial charge in [-0.15, -0.1) is 0 Å². The third kappa shape index (κ3) is 3.89. The first kappa shape index (κ1) is 15.2. The van der Waals surface area contributed by atoms with Gasteiger partial charge in [-0.05, 0) is 42.2 Å². The predicted octanol–water partition coefficient (Wildman–Crippen LogP) is 3.68. The maximum absolute atomic E-state index is 10.1. The molecule has 0 bridgehead atoms. The molecule has 20 heavy (non-hydrogen) atoms. The summed E-state index contributed by atoms with van der Waals surface area (Å²) in [6, 6.07) is 7.99. The molecule has 0 aliphatic heterocycles. The van der Waals surface area contributed by atoms with E-state index >= 15 is 0 Å². The summed E-state index contributed by atoms with van der Waals surface area (Å²) in [6.07, 6.45) is 2.72. The molecule has 112 valence electrons. The van der Waals surface area contributed by atoms with Gasteiger partial charge < -0.3 is 15.2 Å². The number of hydrogen-bond donors (Lipinski definition) is 2. The molecule has 2 unspecified atom stereocenters. The molecule has 0 radical (unpaired) electrons. The molecule has 2 N–H and O–H groups in total. The van der Waals surface area contributed by atoms with E-state index in [2.05, 4.69) is 32.2 Å². The van der Waals surface area contributed by atoms with Crippen LogP contribution in [0.2, 0.25) is 0 Å². The first-order valence-electron chi connectivity index (χ1n) is 7.38. The van der Waals surface area contributed by atoms with Crippen LogP contribution in [0.1, 0.15) is 40.0 Å². The van der Waals surface area contributed by atoms with E-state index in [9.17, 15) is 5.11 Å². The number of hydrogen-bond acceptors (Lipinski definition) is 3. The zero-order valence-electron chi connectivity index (χ0n) is 13.1. The minimum atomic E-state index is -0.184. The number of aliphatic hydroxyl groups excluding tert-OH is 1. The third-order valence-electron chi connectivity index (χ3n) is 4.21. The minimum Gasteiger partial charge on any atom is -0.497 e. The van der Waals surface area contributed by atoms with E-state index in [4.69, 9.17) is 4.74 Å². The summed E-state index contributed by atoms with van der Waals surface area (Å²) < 4.78 is 5.24. The van der Waals surface area contributed by atoms with Gasteiger partial charge >= 0.3 is 0 Å². The van der Waals surface area contributed by atoms with Crippen LogP contribution in [0.25, 0.3) is 0 Å². The number of ether oxygens (including phenoxy) is 1. The molecular formula is C17H27NO2. The maximum atomic E-state index is 10.1. The molecule has 3 heteroatoms. The number of anilines is 1. The molecule has 2 rings (SSSR count). The number of nitrogens with one attached hydrogen (secondary N) is 1. The van der Waals surface area contributed by atoms with Crippen LogP contribution in [0.5, 0.6) is 5.75 Å². The van der Waals surface area contributed by atoms with Crippen LogP contribution < -0.4 is 10.1 Å². The molecule has 1 aliphatic rings. The second kappa shape index (κ2) is 5.65. The molecule has 3 nitrogen and oxygen atoms in total. The van der Waals surface area contributed by atoms with Gasteiger partial charge in [0.1, 0.15) is 5.75 Å². The van der Waals surface area contributed by atoms with Gasteiger partial charge in [0.25, 0.3) is 0 Å². The molecule has 0 spiro atoms. The van der Waals surface area contributed by atoms with Crippen LogP contribution in [0, 0.1) is 10.8 Å². The standard InChI is InChI=1S/C17H27NO2/c1-16(2)9-14(19)10-17(3,11-16)12-18-13-6-5-7-15(8-13)20-4/h5-8,14,18-19H,9-12H2,1-4H3. The van der Waals surface area contributed by atoms with Crippen molar-refractivity contribution in [1.82, 2.24) is 0 Å². The fourth-order valence-electron chi connectivity index (χ4n) is 3.76. The summed E-state index contributed by atoms with van der Waals surface area (Å²) in [7, 11) is 1.68. The van der Waals surface area contributed by atoms with Gasteiger partial charge in [-0.1, -0.05) is 26.8 Å². The Morgan fingerprint density at radius 3 is 2.70 bits per heavy atom. The van der Waals surface area contributed by atoms with Gasteiger partial charge in [0, 0.05) is 18.3 Å². The monoisotopic (exact) mass is 277 g/mol. The van der Waals surface area contributed by atoms with E-state index in [1.165, 1.54) is 0 Å². The predicted molar refractivity (Wildman–Crippen MR) is 83.2 cm³/mol. The van der Waals surface area contributed by atoms with Gasteiger partial charge in [0.15, 0.2) is 0 Å². The van der Waals surface area contributed by atoms with Crippen LogP contribution in [0.4, 0.5) is 5.69 Å². The van der Waals surface area contributed by atoms with E-state index in [0.717, 1.165) is 37.2 Å². The molecule has 0 saturated heterocycles. The third-order valence-corrected chi connectivity index (χ3v) is 4.21. The SMILES string of the molecule is COc1cccc(NCC2(C)CC(O)CC(C)(C)C2)c1. The van der Waals surface area contributed by atoms with Crippen LogP contribution in [0.3, 0.4) is 0 Å². The van der Waals surface area contributed by atoms with Crippen molar-refractivity contribution in [3.05, 3.63) is 24.3 Å². The number of benzene rings is 1. The highest BCUT2D eigenvalue weighted by Crippen LogP contribution is 2.46. The molecule has 1 saturated carbocycles.